The molecule has 0 saturated heterocycles. The minimum atomic E-state index is -1.34. The van der Waals surface area contributed by atoms with Crippen molar-refractivity contribution < 1.29 is 19.4 Å². The molecule has 3 heterocycles. The van der Waals surface area contributed by atoms with Gasteiger partial charge in [-0.05, 0) is 25.1 Å². The van der Waals surface area contributed by atoms with Crippen LogP contribution in [0.4, 0.5) is 10.6 Å². The van der Waals surface area contributed by atoms with E-state index in [0.29, 0.717) is 5.65 Å². The standard InChI is InChI=1S/C14H13N7O4/c1-2-25-11(22)8-20(14(23)24)10-5-4-9-17-18-13(21(9)19-10)12-15-6-3-7-16-12/h3-7H,2,8H2,1H3,(H,23,24). The number of anilines is 1. The van der Waals surface area contributed by atoms with E-state index < -0.39 is 18.6 Å². The maximum Gasteiger partial charge on any atom is 0.413 e. The van der Waals surface area contributed by atoms with Crippen molar-refractivity contribution in [1.82, 2.24) is 29.8 Å². The number of carboxylic acid groups (broad SMARTS) is 1. The monoisotopic (exact) mass is 343 g/mol. The van der Waals surface area contributed by atoms with E-state index in [1.54, 1.807) is 13.0 Å². The number of fused-ring (bicyclic) bond motifs is 1. The fourth-order valence-electron chi connectivity index (χ4n) is 2.06. The van der Waals surface area contributed by atoms with Gasteiger partial charge in [-0.25, -0.2) is 19.7 Å². The second kappa shape index (κ2) is 6.86. The summed E-state index contributed by atoms with van der Waals surface area (Å²) in [6, 6.07) is 4.60. The van der Waals surface area contributed by atoms with E-state index in [9.17, 15) is 14.7 Å². The van der Waals surface area contributed by atoms with Gasteiger partial charge in [0, 0.05) is 12.4 Å². The average molecular weight is 343 g/mol. The molecule has 128 valence electrons. The summed E-state index contributed by atoms with van der Waals surface area (Å²) in [5.41, 5.74) is 0.382. The Hall–Kier alpha value is -3.63. The number of esters is 1. The molecule has 0 unspecified atom stereocenters. The molecular formula is C14H13N7O4. The van der Waals surface area contributed by atoms with Gasteiger partial charge < -0.3 is 9.84 Å². The number of hydrogen-bond acceptors (Lipinski definition) is 8. The van der Waals surface area contributed by atoms with Gasteiger partial charge in [-0.1, -0.05) is 0 Å². The van der Waals surface area contributed by atoms with Gasteiger partial charge in [-0.3, -0.25) is 4.79 Å². The summed E-state index contributed by atoms with van der Waals surface area (Å²) in [4.78, 5) is 32.0. The van der Waals surface area contributed by atoms with Gasteiger partial charge in [0.05, 0.1) is 6.61 Å². The number of carbonyl (C=O) groups is 2. The Bertz CT molecular complexity index is 912. The van der Waals surface area contributed by atoms with Crippen LogP contribution in [0, 0.1) is 0 Å². The molecule has 0 atom stereocenters. The quantitative estimate of drug-likeness (QED) is 0.661. The molecule has 0 aromatic carbocycles. The van der Waals surface area contributed by atoms with Crippen LogP contribution >= 0.6 is 0 Å². The number of nitrogens with zero attached hydrogens (tertiary/aromatic N) is 7. The molecule has 0 aliphatic rings. The summed E-state index contributed by atoms with van der Waals surface area (Å²) >= 11 is 0. The second-order valence-corrected chi connectivity index (χ2v) is 4.73. The molecule has 3 aromatic heterocycles. The molecule has 0 bridgehead atoms. The molecule has 0 aliphatic carbocycles. The Labute approximate surface area is 140 Å². The summed E-state index contributed by atoms with van der Waals surface area (Å²) in [5, 5.41) is 21.5. The molecule has 0 radical (unpaired) electrons. The Morgan fingerprint density at radius 1 is 1.24 bits per heavy atom. The van der Waals surface area contributed by atoms with Crippen molar-refractivity contribution in [3.63, 3.8) is 0 Å². The first-order valence-electron chi connectivity index (χ1n) is 7.26. The lowest BCUT2D eigenvalue weighted by Crippen LogP contribution is -2.36. The lowest BCUT2D eigenvalue weighted by atomic mass is 10.4. The Morgan fingerprint density at radius 2 is 2.00 bits per heavy atom. The van der Waals surface area contributed by atoms with Crippen LogP contribution in [0.25, 0.3) is 17.3 Å². The fraction of sp³-hybridized carbons (Fsp3) is 0.214. The van der Waals surface area contributed by atoms with E-state index >= 15 is 0 Å². The molecule has 11 nitrogen and oxygen atoms in total. The van der Waals surface area contributed by atoms with Gasteiger partial charge in [0.1, 0.15) is 6.54 Å². The average Bonchev–Trinajstić information content (AvgIpc) is 3.03. The van der Waals surface area contributed by atoms with Crippen LogP contribution in [0.15, 0.2) is 30.6 Å². The van der Waals surface area contributed by atoms with Crippen LogP contribution in [-0.2, 0) is 9.53 Å². The number of ether oxygens (including phenoxy) is 1. The van der Waals surface area contributed by atoms with Crippen molar-refractivity contribution >= 4 is 23.5 Å². The van der Waals surface area contributed by atoms with Gasteiger partial charge in [-0.15, -0.1) is 15.3 Å². The minimum absolute atomic E-state index is 0.0186. The molecule has 0 aliphatic heterocycles. The molecule has 1 amide bonds. The highest BCUT2D eigenvalue weighted by atomic mass is 16.5. The summed E-state index contributed by atoms with van der Waals surface area (Å²) in [6.45, 7) is 1.30. The molecule has 11 heteroatoms. The van der Waals surface area contributed by atoms with E-state index in [-0.39, 0.29) is 24.1 Å². The Balaban J connectivity index is 2.01. The predicted molar refractivity (Wildman–Crippen MR) is 83.8 cm³/mol. The molecule has 3 aromatic rings. The number of carbonyl (C=O) groups excluding carboxylic acids is 1. The molecule has 0 spiro atoms. The van der Waals surface area contributed by atoms with Crippen molar-refractivity contribution in [2.24, 2.45) is 0 Å². The molecule has 1 N–H and O–H groups in total. The van der Waals surface area contributed by atoms with Gasteiger partial charge >= 0.3 is 12.1 Å². The first-order chi connectivity index (χ1) is 12.1. The van der Waals surface area contributed by atoms with E-state index in [1.807, 2.05) is 0 Å². The third kappa shape index (κ3) is 3.34. The van der Waals surface area contributed by atoms with Crippen molar-refractivity contribution in [3.8, 4) is 11.6 Å². The van der Waals surface area contributed by atoms with Gasteiger partial charge in [0.25, 0.3) is 0 Å². The van der Waals surface area contributed by atoms with Crippen LogP contribution in [0.3, 0.4) is 0 Å². The zero-order chi connectivity index (χ0) is 17.8. The van der Waals surface area contributed by atoms with Crippen LogP contribution in [0.2, 0.25) is 0 Å². The lowest BCUT2D eigenvalue weighted by molar-refractivity contribution is -0.141. The number of amides is 1. The second-order valence-electron chi connectivity index (χ2n) is 4.73. The molecule has 0 saturated carbocycles. The maximum absolute atomic E-state index is 11.6. The highest BCUT2D eigenvalue weighted by molar-refractivity contribution is 5.91. The third-order valence-electron chi connectivity index (χ3n) is 3.11. The van der Waals surface area contributed by atoms with Crippen LogP contribution in [-0.4, -0.2) is 60.1 Å². The topological polar surface area (TPSA) is 136 Å². The molecular weight excluding hydrogens is 330 g/mol. The smallest absolute Gasteiger partial charge is 0.413 e. The van der Waals surface area contributed by atoms with Gasteiger partial charge in [0.15, 0.2) is 17.3 Å². The molecule has 25 heavy (non-hydrogen) atoms. The Morgan fingerprint density at radius 3 is 2.68 bits per heavy atom. The van der Waals surface area contributed by atoms with Crippen molar-refractivity contribution in [2.45, 2.75) is 6.92 Å². The van der Waals surface area contributed by atoms with Crippen LogP contribution in [0.5, 0.6) is 0 Å². The Kier molecular flexibility index (Phi) is 4.46. The van der Waals surface area contributed by atoms with Crippen LogP contribution < -0.4 is 4.90 Å². The number of aromatic nitrogens is 6. The molecule has 0 fully saturated rings. The van der Waals surface area contributed by atoms with Crippen molar-refractivity contribution in [1.29, 1.82) is 0 Å². The highest BCUT2D eigenvalue weighted by Gasteiger charge is 2.22. The minimum Gasteiger partial charge on any atom is -0.465 e. The largest absolute Gasteiger partial charge is 0.465 e. The lowest BCUT2D eigenvalue weighted by Gasteiger charge is -2.16. The maximum atomic E-state index is 11.6. The van der Waals surface area contributed by atoms with Crippen LogP contribution in [0.1, 0.15) is 6.92 Å². The van der Waals surface area contributed by atoms with Crippen molar-refractivity contribution in [3.05, 3.63) is 30.6 Å². The predicted octanol–water partition coefficient (Wildman–Crippen LogP) is 0.629. The number of rotatable bonds is 5. The van der Waals surface area contributed by atoms with Crippen molar-refractivity contribution in [2.75, 3.05) is 18.1 Å². The fourth-order valence-corrected chi connectivity index (χ4v) is 2.06. The first-order valence-corrected chi connectivity index (χ1v) is 7.26. The summed E-state index contributed by atoms with van der Waals surface area (Å²) in [7, 11) is 0. The highest BCUT2D eigenvalue weighted by Crippen LogP contribution is 2.16. The zero-order valence-electron chi connectivity index (χ0n) is 13.1. The summed E-state index contributed by atoms with van der Waals surface area (Å²) < 4.78 is 6.10. The van der Waals surface area contributed by atoms with E-state index in [2.05, 4.69) is 25.3 Å². The zero-order valence-corrected chi connectivity index (χ0v) is 13.1. The van der Waals surface area contributed by atoms with Gasteiger partial charge in [-0.2, -0.15) is 4.52 Å². The summed E-state index contributed by atoms with van der Waals surface area (Å²) in [5.74, 6) is -0.127. The van der Waals surface area contributed by atoms with Gasteiger partial charge in [0.2, 0.25) is 5.82 Å². The number of hydrogen-bond donors (Lipinski definition) is 1. The van der Waals surface area contributed by atoms with E-state index in [4.69, 9.17) is 4.74 Å². The van der Waals surface area contributed by atoms with E-state index in [0.717, 1.165) is 4.90 Å². The summed E-state index contributed by atoms with van der Waals surface area (Å²) in [6.07, 6.45) is 1.74. The molecule has 3 rings (SSSR count). The van der Waals surface area contributed by atoms with E-state index in [1.165, 1.54) is 29.0 Å². The SMILES string of the molecule is CCOC(=O)CN(C(=O)O)c1ccc2nnc(-c3ncccn3)n2n1. The normalized spacial score (nSPS) is 10.6. The first kappa shape index (κ1) is 16.2. The third-order valence-corrected chi connectivity index (χ3v) is 3.11.